The number of benzene rings is 1. The second kappa shape index (κ2) is 7.37. The molecule has 2 aliphatic rings. The molecule has 0 radical (unpaired) electrons. The van der Waals surface area contributed by atoms with Gasteiger partial charge in [0.05, 0.1) is 23.7 Å². The number of aliphatic hydroxyl groups excluding tert-OH is 1. The predicted octanol–water partition coefficient (Wildman–Crippen LogP) is 2.04. The predicted molar refractivity (Wildman–Crippen MR) is 99.4 cm³/mol. The Hall–Kier alpha value is -2.18. The van der Waals surface area contributed by atoms with Crippen LogP contribution in [0.2, 0.25) is 0 Å². The van der Waals surface area contributed by atoms with E-state index in [1.807, 2.05) is 12.3 Å². The fourth-order valence-corrected chi connectivity index (χ4v) is 3.59. The first-order valence-electron chi connectivity index (χ1n) is 9.12. The molecule has 3 heterocycles. The minimum Gasteiger partial charge on any atom is -0.393 e. The van der Waals surface area contributed by atoms with Crippen LogP contribution in [0.4, 0.5) is 17.3 Å². The van der Waals surface area contributed by atoms with E-state index in [4.69, 9.17) is 4.98 Å². The van der Waals surface area contributed by atoms with Crippen molar-refractivity contribution in [1.82, 2.24) is 14.9 Å². The van der Waals surface area contributed by atoms with Crippen molar-refractivity contribution in [1.29, 1.82) is 0 Å². The highest BCUT2D eigenvalue weighted by atomic mass is 16.3. The van der Waals surface area contributed by atoms with E-state index in [0.717, 1.165) is 63.4 Å². The maximum Gasteiger partial charge on any atom is 0.223 e. The largest absolute Gasteiger partial charge is 0.393 e. The number of aliphatic hydroxyl groups is 1. The Labute approximate surface area is 148 Å². The highest BCUT2D eigenvalue weighted by Crippen LogP contribution is 2.32. The highest BCUT2D eigenvalue weighted by molar-refractivity contribution is 5.68. The summed E-state index contributed by atoms with van der Waals surface area (Å²) >= 11 is 0. The smallest absolute Gasteiger partial charge is 0.223 e. The molecule has 1 saturated heterocycles. The van der Waals surface area contributed by atoms with E-state index in [1.54, 1.807) is 0 Å². The summed E-state index contributed by atoms with van der Waals surface area (Å²) in [5, 5.41) is 12.9. The fourth-order valence-electron chi connectivity index (χ4n) is 3.59. The van der Waals surface area contributed by atoms with Crippen LogP contribution < -0.4 is 10.2 Å². The molecule has 0 unspecified atom stereocenters. The lowest BCUT2D eigenvalue weighted by Gasteiger charge is -2.29. The second-order valence-electron chi connectivity index (χ2n) is 6.76. The number of para-hydroxylation sites is 1. The molecule has 6 nitrogen and oxygen atoms in total. The monoisotopic (exact) mass is 339 g/mol. The molecule has 0 aliphatic carbocycles. The minimum absolute atomic E-state index is 0.114. The third-order valence-electron chi connectivity index (χ3n) is 5.04. The van der Waals surface area contributed by atoms with Crippen LogP contribution in [-0.4, -0.2) is 58.8 Å². The number of anilines is 3. The van der Waals surface area contributed by atoms with E-state index < -0.39 is 0 Å². The van der Waals surface area contributed by atoms with Crippen LogP contribution >= 0.6 is 0 Å². The zero-order valence-corrected chi connectivity index (χ0v) is 14.4. The lowest BCUT2D eigenvalue weighted by molar-refractivity contribution is 0.0845. The van der Waals surface area contributed by atoms with Gasteiger partial charge in [0.25, 0.3) is 0 Å². The SMILES string of the molecule is OC1CCN(CCNc2ncc3c(n2)CCN3c2ccccc2)CC1. The Morgan fingerprint density at radius 2 is 1.92 bits per heavy atom. The fraction of sp³-hybridized carbons (Fsp3) is 0.474. The van der Waals surface area contributed by atoms with E-state index >= 15 is 0 Å². The number of piperidine rings is 1. The van der Waals surface area contributed by atoms with Crippen molar-refractivity contribution in [3.05, 3.63) is 42.2 Å². The van der Waals surface area contributed by atoms with Gasteiger partial charge in [-0.15, -0.1) is 0 Å². The van der Waals surface area contributed by atoms with Gasteiger partial charge in [-0.25, -0.2) is 9.97 Å². The standard InChI is InChI=1S/C19H25N5O/c25-16-6-10-23(11-7-16)13-9-20-19-21-14-18-17(22-19)8-12-24(18)15-4-2-1-3-5-15/h1-5,14,16,25H,6-13H2,(H,20,21,22). The van der Waals surface area contributed by atoms with Crippen LogP contribution in [-0.2, 0) is 6.42 Å². The van der Waals surface area contributed by atoms with E-state index in [9.17, 15) is 5.11 Å². The van der Waals surface area contributed by atoms with Crippen LogP contribution in [0.3, 0.4) is 0 Å². The van der Waals surface area contributed by atoms with Crippen molar-refractivity contribution >= 4 is 17.3 Å². The third kappa shape index (κ3) is 3.75. The highest BCUT2D eigenvalue weighted by Gasteiger charge is 2.22. The average molecular weight is 339 g/mol. The summed E-state index contributed by atoms with van der Waals surface area (Å²) in [5.74, 6) is 0.714. The molecule has 0 bridgehead atoms. The Balaban J connectivity index is 1.34. The minimum atomic E-state index is -0.114. The van der Waals surface area contributed by atoms with E-state index in [0.29, 0.717) is 5.95 Å². The van der Waals surface area contributed by atoms with Gasteiger partial charge in [0.15, 0.2) is 0 Å². The topological polar surface area (TPSA) is 64.5 Å². The van der Waals surface area contributed by atoms with Gasteiger partial charge in [0, 0.05) is 44.8 Å². The number of likely N-dealkylation sites (tertiary alicyclic amines) is 1. The van der Waals surface area contributed by atoms with Gasteiger partial charge in [0.2, 0.25) is 5.95 Å². The average Bonchev–Trinajstić information content (AvgIpc) is 3.07. The molecule has 0 amide bonds. The van der Waals surface area contributed by atoms with Gasteiger partial charge in [-0.05, 0) is 25.0 Å². The van der Waals surface area contributed by atoms with E-state index in [1.165, 1.54) is 5.69 Å². The molecule has 4 rings (SSSR count). The summed E-state index contributed by atoms with van der Waals surface area (Å²) in [6.07, 6.45) is 4.53. The summed E-state index contributed by atoms with van der Waals surface area (Å²) in [5.41, 5.74) is 3.42. The number of rotatable bonds is 5. The van der Waals surface area contributed by atoms with Crippen LogP contribution in [0, 0.1) is 0 Å². The van der Waals surface area contributed by atoms with Crippen molar-refractivity contribution < 1.29 is 5.11 Å². The van der Waals surface area contributed by atoms with Crippen LogP contribution in [0.1, 0.15) is 18.5 Å². The molecule has 132 valence electrons. The summed E-state index contributed by atoms with van der Waals surface area (Å²) < 4.78 is 0. The number of hydrogen-bond donors (Lipinski definition) is 2. The number of nitrogens with zero attached hydrogens (tertiary/aromatic N) is 4. The Bertz CT molecular complexity index is 700. The van der Waals surface area contributed by atoms with Crippen molar-refractivity contribution in [3.8, 4) is 0 Å². The molecule has 0 atom stereocenters. The van der Waals surface area contributed by atoms with Crippen LogP contribution in [0.5, 0.6) is 0 Å². The zero-order valence-electron chi connectivity index (χ0n) is 14.4. The first-order chi connectivity index (χ1) is 12.3. The number of hydrogen-bond acceptors (Lipinski definition) is 6. The number of aromatic nitrogens is 2. The maximum absolute atomic E-state index is 9.56. The Morgan fingerprint density at radius 1 is 1.12 bits per heavy atom. The van der Waals surface area contributed by atoms with E-state index in [2.05, 4.69) is 44.4 Å². The molecular weight excluding hydrogens is 314 g/mol. The molecule has 0 spiro atoms. The van der Waals surface area contributed by atoms with Crippen molar-refractivity contribution in [3.63, 3.8) is 0 Å². The lowest BCUT2D eigenvalue weighted by atomic mass is 10.1. The quantitative estimate of drug-likeness (QED) is 0.869. The lowest BCUT2D eigenvalue weighted by Crippen LogP contribution is -2.38. The van der Waals surface area contributed by atoms with Gasteiger partial charge in [-0.1, -0.05) is 18.2 Å². The zero-order chi connectivity index (χ0) is 17.1. The van der Waals surface area contributed by atoms with Gasteiger partial charge >= 0.3 is 0 Å². The third-order valence-corrected chi connectivity index (χ3v) is 5.04. The van der Waals surface area contributed by atoms with Gasteiger partial charge in [-0.3, -0.25) is 0 Å². The number of fused-ring (bicyclic) bond motifs is 1. The van der Waals surface area contributed by atoms with Gasteiger partial charge in [0.1, 0.15) is 0 Å². The molecule has 0 saturated carbocycles. The molecule has 1 aromatic heterocycles. The van der Waals surface area contributed by atoms with Gasteiger partial charge < -0.3 is 20.2 Å². The molecule has 2 aromatic rings. The molecule has 2 N–H and O–H groups in total. The summed E-state index contributed by atoms with van der Waals surface area (Å²) in [6.45, 7) is 4.69. The summed E-state index contributed by atoms with van der Waals surface area (Å²) in [7, 11) is 0. The molecule has 6 heteroatoms. The summed E-state index contributed by atoms with van der Waals surface area (Å²) in [4.78, 5) is 13.9. The first kappa shape index (κ1) is 16.3. The van der Waals surface area contributed by atoms with Crippen LogP contribution in [0.15, 0.2) is 36.5 Å². The Kier molecular flexibility index (Phi) is 4.81. The maximum atomic E-state index is 9.56. The molecule has 1 fully saturated rings. The second-order valence-corrected chi connectivity index (χ2v) is 6.76. The molecule has 2 aliphatic heterocycles. The van der Waals surface area contributed by atoms with Crippen molar-refractivity contribution in [2.75, 3.05) is 42.9 Å². The normalized spacial score (nSPS) is 18.4. The molecule has 25 heavy (non-hydrogen) atoms. The summed E-state index contributed by atoms with van der Waals surface area (Å²) in [6, 6.07) is 10.4. The Morgan fingerprint density at radius 3 is 2.72 bits per heavy atom. The first-order valence-corrected chi connectivity index (χ1v) is 9.12. The van der Waals surface area contributed by atoms with Crippen molar-refractivity contribution in [2.24, 2.45) is 0 Å². The molecule has 1 aromatic carbocycles. The van der Waals surface area contributed by atoms with Crippen LogP contribution in [0.25, 0.3) is 0 Å². The number of nitrogens with one attached hydrogen (secondary N) is 1. The van der Waals surface area contributed by atoms with E-state index in [-0.39, 0.29) is 6.10 Å². The molecular formula is C19H25N5O. The van der Waals surface area contributed by atoms with Gasteiger partial charge in [-0.2, -0.15) is 0 Å². The van der Waals surface area contributed by atoms with Crippen molar-refractivity contribution in [2.45, 2.75) is 25.4 Å².